The summed E-state index contributed by atoms with van der Waals surface area (Å²) in [5, 5.41) is 0. The molecule has 0 aliphatic carbocycles. The average Bonchev–Trinajstić information content (AvgIpc) is 2.46. The number of hydrogen-bond acceptors (Lipinski definition) is 6. The van der Waals surface area contributed by atoms with E-state index in [-0.39, 0.29) is 9.79 Å². The average molecular weight is 547 g/mol. The standard InChI is InChI=1S/2C6H6O4S.Hg/c2*7-5-1-3-6(4-2-5)11(8,9)10;/h2*1-4,7H,(H,8,9,10);/q;;+2/p-2. The van der Waals surface area contributed by atoms with Crippen LogP contribution >= 0.6 is 0 Å². The first kappa shape index (κ1) is 18.1. The first-order valence-electron chi connectivity index (χ1n) is 6.07. The molecule has 0 aromatic heterocycles. The fourth-order valence-corrected chi connectivity index (χ4v) is 5.32. The Balaban J connectivity index is 1.92. The Morgan fingerprint density at radius 3 is 1.22 bits per heavy atom. The van der Waals surface area contributed by atoms with E-state index in [1.807, 2.05) is 0 Å². The second-order valence-corrected chi connectivity index (χ2v) is 10.3. The zero-order valence-corrected chi connectivity index (χ0v) is 18.6. The van der Waals surface area contributed by atoms with Crippen molar-refractivity contribution < 1.29 is 56.7 Å². The van der Waals surface area contributed by atoms with Crippen LogP contribution in [0.15, 0.2) is 58.3 Å². The van der Waals surface area contributed by atoms with Crippen molar-refractivity contribution in [1.82, 2.24) is 0 Å². The quantitative estimate of drug-likeness (QED) is 0.413. The van der Waals surface area contributed by atoms with E-state index in [0.29, 0.717) is 11.5 Å². The van der Waals surface area contributed by atoms with Gasteiger partial charge in [-0.3, -0.25) is 0 Å². The van der Waals surface area contributed by atoms with Crippen LogP contribution in [-0.4, -0.2) is 25.9 Å². The monoisotopic (exact) mass is 548 g/mol. The normalized spacial score (nSPS) is 11.6. The van der Waals surface area contributed by atoms with Gasteiger partial charge in [0.1, 0.15) is 0 Å². The molecule has 2 aromatic rings. The van der Waals surface area contributed by atoms with E-state index in [4.69, 9.17) is 14.4 Å². The van der Waals surface area contributed by atoms with E-state index in [2.05, 4.69) is 0 Å². The molecule has 0 saturated heterocycles. The number of hydrogen-bond donors (Lipinski definition) is 2. The summed E-state index contributed by atoms with van der Waals surface area (Å²) in [6.45, 7) is 0. The molecule has 8 nitrogen and oxygen atoms in total. The summed E-state index contributed by atoms with van der Waals surface area (Å²) in [7, 11) is -8.47. The van der Waals surface area contributed by atoms with Crippen LogP contribution in [0.4, 0.5) is 0 Å². The summed E-state index contributed by atoms with van der Waals surface area (Å²) in [5.74, 6) is 0.822. The third-order valence-electron chi connectivity index (χ3n) is 2.69. The van der Waals surface area contributed by atoms with Gasteiger partial charge in [-0.15, -0.1) is 0 Å². The van der Waals surface area contributed by atoms with Crippen LogP contribution in [0.2, 0.25) is 0 Å². The summed E-state index contributed by atoms with van der Waals surface area (Å²) in [4.78, 5) is -0.466. The Morgan fingerprint density at radius 1 is 0.652 bits per heavy atom. The predicted molar refractivity (Wildman–Crippen MR) is 73.8 cm³/mol. The van der Waals surface area contributed by atoms with Gasteiger partial charge in [0.05, 0.1) is 0 Å². The van der Waals surface area contributed by atoms with Gasteiger partial charge in [0.25, 0.3) is 0 Å². The van der Waals surface area contributed by atoms with E-state index in [0.717, 1.165) is 0 Å². The van der Waals surface area contributed by atoms with Gasteiger partial charge in [0, 0.05) is 0 Å². The molecule has 2 aromatic carbocycles. The maximum atomic E-state index is 10.9. The fraction of sp³-hybridized carbons (Fsp3) is 0. The van der Waals surface area contributed by atoms with E-state index in [1.54, 1.807) is 0 Å². The summed E-state index contributed by atoms with van der Waals surface area (Å²) in [6.07, 6.45) is 0. The molecular formula is C12H10HgO8S2. The Bertz CT molecular complexity index is 798. The Kier molecular flexibility index (Phi) is 5.63. The summed E-state index contributed by atoms with van der Waals surface area (Å²) >= 11 is -2.28. The summed E-state index contributed by atoms with van der Waals surface area (Å²) in [5.41, 5.74) is 0. The zero-order valence-electron chi connectivity index (χ0n) is 11.5. The summed E-state index contributed by atoms with van der Waals surface area (Å²) < 4.78 is 72.1. The van der Waals surface area contributed by atoms with Gasteiger partial charge in [-0.2, -0.15) is 0 Å². The molecule has 0 aliphatic heterocycles. The van der Waals surface area contributed by atoms with Crippen LogP contribution in [0.25, 0.3) is 0 Å². The summed E-state index contributed by atoms with van der Waals surface area (Å²) in [6, 6.07) is 10.4. The molecule has 11 heteroatoms. The fourth-order valence-electron chi connectivity index (χ4n) is 1.58. The number of rotatable bonds is 6. The first-order valence-corrected chi connectivity index (χ1v) is 13.4. The van der Waals surface area contributed by atoms with Gasteiger partial charge in [-0.1, -0.05) is 0 Å². The van der Waals surface area contributed by atoms with Crippen LogP contribution in [0, 0.1) is 0 Å². The first-order chi connectivity index (χ1) is 10.7. The van der Waals surface area contributed by atoms with Gasteiger partial charge in [-0.05, 0) is 0 Å². The van der Waals surface area contributed by atoms with Crippen molar-refractivity contribution in [3.63, 3.8) is 0 Å². The molecule has 0 spiro atoms. The van der Waals surface area contributed by atoms with Crippen molar-refractivity contribution in [3.8, 4) is 11.5 Å². The van der Waals surface area contributed by atoms with Crippen LogP contribution in [-0.2, 0) is 45.7 Å². The molecule has 0 bridgehead atoms. The van der Waals surface area contributed by atoms with Gasteiger partial charge < -0.3 is 0 Å². The van der Waals surface area contributed by atoms with Crippen molar-refractivity contribution in [2.24, 2.45) is 0 Å². The van der Waals surface area contributed by atoms with Gasteiger partial charge in [0.2, 0.25) is 0 Å². The van der Waals surface area contributed by atoms with Crippen molar-refractivity contribution in [2.75, 3.05) is 0 Å². The molecule has 0 fully saturated rings. The third-order valence-corrected chi connectivity index (χ3v) is 7.94. The van der Waals surface area contributed by atoms with Gasteiger partial charge in [0.15, 0.2) is 0 Å². The molecular weight excluding hydrogens is 537 g/mol. The SMILES string of the molecule is O=S(=O)(O)c1ccc([O][Hg][O]c2ccc(S(=O)(=O)O)cc2)cc1. The minimum absolute atomic E-state index is 0.233. The van der Waals surface area contributed by atoms with Crippen LogP contribution in [0.5, 0.6) is 11.5 Å². The molecule has 120 valence electrons. The molecule has 0 unspecified atom stereocenters. The third kappa shape index (κ3) is 5.43. The van der Waals surface area contributed by atoms with Crippen molar-refractivity contribution in [3.05, 3.63) is 48.5 Å². The molecule has 0 amide bonds. The van der Waals surface area contributed by atoms with Crippen molar-refractivity contribution >= 4 is 20.2 Å². The molecule has 2 N–H and O–H groups in total. The van der Waals surface area contributed by atoms with Gasteiger partial charge >= 0.3 is 147 Å². The van der Waals surface area contributed by atoms with E-state index < -0.39 is 45.7 Å². The van der Waals surface area contributed by atoms with Crippen molar-refractivity contribution in [1.29, 1.82) is 0 Å². The molecule has 23 heavy (non-hydrogen) atoms. The Labute approximate surface area is 146 Å². The van der Waals surface area contributed by atoms with E-state index >= 15 is 0 Å². The van der Waals surface area contributed by atoms with Gasteiger partial charge in [-0.25, -0.2) is 0 Å². The topological polar surface area (TPSA) is 127 Å². The Hall–Kier alpha value is -1.20. The molecule has 0 saturated carbocycles. The predicted octanol–water partition coefficient (Wildman–Crippen LogP) is 1.55. The zero-order chi connectivity index (χ0) is 17.1. The maximum absolute atomic E-state index is 10.9. The van der Waals surface area contributed by atoms with E-state index in [1.165, 1.54) is 48.5 Å². The van der Waals surface area contributed by atoms with Crippen molar-refractivity contribution in [2.45, 2.75) is 9.79 Å². The second-order valence-electron chi connectivity index (χ2n) is 4.30. The molecule has 0 heterocycles. The second kappa shape index (κ2) is 7.13. The van der Waals surface area contributed by atoms with Crippen LogP contribution in [0.1, 0.15) is 0 Å². The number of benzene rings is 2. The molecule has 0 radical (unpaired) electrons. The Morgan fingerprint density at radius 2 is 0.957 bits per heavy atom. The molecule has 2 rings (SSSR count). The van der Waals surface area contributed by atoms with Crippen LogP contribution in [0.3, 0.4) is 0 Å². The molecule has 0 aliphatic rings. The van der Waals surface area contributed by atoms with Crippen LogP contribution < -0.4 is 5.29 Å². The minimum atomic E-state index is -4.24. The molecule has 0 atom stereocenters. The van der Waals surface area contributed by atoms with E-state index in [9.17, 15) is 16.8 Å².